The standard InChI is InChI=1S/C18H21N3O4S2/c1-14(22)15-5-2-3-6-16(15)19-17(23)13-20-8-10-21(11-9-20)27(24,25)18-7-4-12-26-18/h2-7,12H,8-11,13H2,1H3,(H,19,23)/p+1. The number of anilines is 1. The summed E-state index contributed by atoms with van der Waals surface area (Å²) in [6.45, 7) is 3.58. The van der Waals surface area contributed by atoms with Gasteiger partial charge in [-0.2, -0.15) is 4.31 Å². The summed E-state index contributed by atoms with van der Waals surface area (Å²) in [5, 5.41) is 4.54. The minimum absolute atomic E-state index is 0.106. The summed E-state index contributed by atoms with van der Waals surface area (Å²) < 4.78 is 26.9. The van der Waals surface area contributed by atoms with Crippen molar-refractivity contribution in [3.63, 3.8) is 0 Å². The molecule has 2 aromatic rings. The van der Waals surface area contributed by atoms with Crippen LogP contribution in [0.5, 0.6) is 0 Å². The van der Waals surface area contributed by atoms with Gasteiger partial charge in [-0.25, -0.2) is 8.42 Å². The first kappa shape index (κ1) is 19.7. The van der Waals surface area contributed by atoms with Crippen molar-refractivity contribution < 1.29 is 22.9 Å². The number of amides is 1. The molecule has 1 fully saturated rings. The third-order valence-electron chi connectivity index (χ3n) is 4.51. The van der Waals surface area contributed by atoms with Crippen LogP contribution in [0.4, 0.5) is 5.69 Å². The lowest BCUT2D eigenvalue weighted by Crippen LogP contribution is -3.15. The third kappa shape index (κ3) is 4.62. The molecule has 2 N–H and O–H groups in total. The summed E-state index contributed by atoms with van der Waals surface area (Å²) in [6.07, 6.45) is 0. The Kier molecular flexibility index (Phi) is 6.05. The van der Waals surface area contributed by atoms with E-state index in [9.17, 15) is 18.0 Å². The number of carbonyl (C=O) groups excluding carboxylic acids is 2. The highest BCUT2D eigenvalue weighted by molar-refractivity contribution is 7.91. The van der Waals surface area contributed by atoms with E-state index in [0.29, 0.717) is 41.6 Å². The maximum Gasteiger partial charge on any atom is 0.279 e. The highest BCUT2D eigenvalue weighted by Gasteiger charge is 2.31. The molecule has 144 valence electrons. The van der Waals surface area contributed by atoms with Crippen LogP contribution >= 0.6 is 11.3 Å². The Morgan fingerprint density at radius 1 is 1.15 bits per heavy atom. The number of rotatable bonds is 6. The number of nitrogens with one attached hydrogen (secondary N) is 2. The zero-order valence-corrected chi connectivity index (χ0v) is 16.6. The van der Waals surface area contributed by atoms with Crippen LogP contribution in [0, 0.1) is 0 Å². The van der Waals surface area contributed by atoms with E-state index in [0.717, 1.165) is 4.90 Å². The van der Waals surface area contributed by atoms with E-state index in [1.165, 1.54) is 22.6 Å². The van der Waals surface area contributed by atoms with Gasteiger partial charge in [0.25, 0.3) is 15.9 Å². The normalized spacial score (nSPS) is 16.2. The van der Waals surface area contributed by atoms with E-state index < -0.39 is 10.0 Å². The second kappa shape index (κ2) is 8.30. The number of Topliss-reactive ketones (excluding diaryl/α,β-unsaturated/α-hetero) is 1. The average molecular weight is 409 g/mol. The van der Waals surface area contributed by atoms with Gasteiger partial charge in [-0.15, -0.1) is 11.3 Å². The van der Waals surface area contributed by atoms with Crippen LogP contribution in [0.3, 0.4) is 0 Å². The maximum atomic E-state index is 12.5. The van der Waals surface area contributed by atoms with Crippen LogP contribution in [0.15, 0.2) is 46.0 Å². The zero-order valence-electron chi connectivity index (χ0n) is 15.0. The number of hydrogen-bond donors (Lipinski definition) is 2. The second-order valence-electron chi connectivity index (χ2n) is 6.41. The topological polar surface area (TPSA) is 88.0 Å². The molecule has 1 aliphatic heterocycles. The van der Waals surface area contributed by atoms with Gasteiger partial charge in [-0.1, -0.05) is 18.2 Å². The quantitative estimate of drug-likeness (QED) is 0.681. The molecular weight excluding hydrogens is 386 g/mol. The minimum atomic E-state index is -3.43. The van der Waals surface area contributed by atoms with E-state index in [1.54, 1.807) is 41.8 Å². The summed E-state index contributed by atoms with van der Waals surface area (Å²) in [5.41, 5.74) is 0.987. The van der Waals surface area contributed by atoms with Gasteiger partial charge >= 0.3 is 0 Å². The van der Waals surface area contributed by atoms with Crippen molar-refractivity contribution in [2.24, 2.45) is 0 Å². The van der Waals surface area contributed by atoms with Crippen LogP contribution in [-0.4, -0.2) is 57.1 Å². The van der Waals surface area contributed by atoms with Gasteiger partial charge in [-0.3, -0.25) is 9.59 Å². The maximum absolute atomic E-state index is 12.5. The van der Waals surface area contributed by atoms with Crippen molar-refractivity contribution >= 4 is 38.7 Å². The van der Waals surface area contributed by atoms with E-state index in [1.807, 2.05) is 0 Å². The first-order valence-corrected chi connectivity index (χ1v) is 11.0. The lowest BCUT2D eigenvalue weighted by molar-refractivity contribution is -0.895. The molecule has 9 heteroatoms. The number of thiophene rings is 1. The molecule has 7 nitrogen and oxygen atoms in total. The van der Waals surface area contributed by atoms with Crippen LogP contribution in [0.25, 0.3) is 0 Å². The summed E-state index contributed by atoms with van der Waals surface area (Å²) in [6, 6.07) is 10.2. The van der Waals surface area contributed by atoms with Crippen LogP contribution in [0.1, 0.15) is 17.3 Å². The molecule has 0 aliphatic carbocycles. The number of piperazine rings is 1. The van der Waals surface area contributed by atoms with Crippen LogP contribution in [0.2, 0.25) is 0 Å². The Hall–Kier alpha value is -2.07. The SMILES string of the molecule is CC(=O)c1ccccc1NC(=O)C[NH+]1CCN(S(=O)(=O)c2cccs2)CC1. The number of benzene rings is 1. The fraction of sp³-hybridized carbons (Fsp3) is 0.333. The number of hydrogen-bond acceptors (Lipinski definition) is 5. The summed E-state index contributed by atoms with van der Waals surface area (Å²) in [5.74, 6) is -0.293. The van der Waals surface area contributed by atoms with E-state index in [2.05, 4.69) is 5.32 Å². The summed E-state index contributed by atoms with van der Waals surface area (Å²) in [7, 11) is -3.43. The highest BCUT2D eigenvalue weighted by atomic mass is 32.2. The predicted octanol–water partition coefficient (Wildman–Crippen LogP) is 0.479. The van der Waals surface area contributed by atoms with Crippen molar-refractivity contribution in [3.05, 3.63) is 47.3 Å². The lowest BCUT2D eigenvalue weighted by Gasteiger charge is -2.30. The smallest absolute Gasteiger partial charge is 0.279 e. The highest BCUT2D eigenvalue weighted by Crippen LogP contribution is 2.20. The Morgan fingerprint density at radius 3 is 2.48 bits per heavy atom. The van der Waals surface area contributed by atoms with Gasteiger partial charge < -0.3 is 10.2 Å². The van der Waals surface area contributed by atoms with Crippen molar-refractivity contribution in [3.8, 4) is 0 Å². The molecule has 1 aromatic heterocycles. The molecule has 0 saturated carbocycles. The van der Waals surface area contributed by atoms with Gasteiger partial charge in [-0.05, 0) is 30.5 Å². The average Bonchev–Trinajstić information content (AvgIpc) is 3.18. The molecule has 1 aromatic carbocycles. The minimum Gasteiger partial charge on any atom is -0.325 e. The van der Waals surface area contributed by atoms with Crippen molar-refractivity contribution in [2.75, 3.05) is 38.0 Å². The molecule has 0 atom stereocenters. The Labute approximate surface area is 162 Å². The van der Waals surface area contributed by atoms with Gasteiger partial charge in [0, 0.05) is 5.56 Å². The largest absolute Gasteiger partial charge is 0.325 e. The summed E-state index contributed by atoms with van der Waals surface area (Å²) in [4.78, 5) is 25.0. The van der Waals surface area contributed by atoms with Gasteiger partial charge in [0.2, 0.25) is 0 Å². The number of quaternary nitrogens is 1. The van der Waals surface area contributed by atoms with Gasteiger partial charge in [0.05, 0.1) is 31.9 Å². The Morgan fingerprint density at radius 2 is 1.85 bits per heavy atom. The third-order valence-corrected chi connectivity index (χ3v) is 7.78. The number of carbonyl (C=O) groups is 2. The van der Waals surface area contributed by atoms with E-state index >= 15 is 0 Å². The number of nitrogens with zero attached hydrogens (tertiary/aromatic N) is 1. The molecule has 0 spiro atoms. The molecule has 0 radical (unpaired) electrons. The molecule has 1 aliphatic rings. The second-order valence-corrected chi connectivity index (χ2v) is 9.53. The van der Waals surface area contributed by atoms with E-state index in [-0.39, 0.29) is 18.2 Å². The number of sulfonamides is 1. The molecule has 3 rings (SSSR count). The molecule has 1 saturated heterocycles. The van der Waals surface area contributed by atoms with Crippen molar-refractivity contribution in [1.29, 1.82) is 0 Å². The van der Waals surface area contributed by atoms with E-state index in [4.69, 9.17) is 0 Å². The predicted molar refractivity (Wildman–Crippen MR) is 104 cm³/mol. The van der Waals surface area contributed by atoms with Crippen molar-refractivity contribution in [1.82, 2.24) is 4.31 Å². The molecule has 0 bridgehead atoms. The molecule has 27 heavy (non-hydrogen) atoms. The first-order valence-electron chi connectivity index (χ1n) is 8.65. The Balaban J connectivity index is 1.55. The number of para-hydroxylation sites is 1. The van der Waals surface area contributed by atoms with Crippen LogP contribution in [-0.2, 0) is 14.8 Å². The monoisotopic (exact) mass is 408 g/mol. The lowest BCUT2D eigenvalue weighted by atomic mass is 10.1. The van der Waals surface area contributed by atoms with Gasteiger partial charge in [0.15, 0.2) is 12.3 Å². The molecule has 0 unspecified atom stereocenters. The fourth-order valence-corrected chi connectivity index (χ4v) is 5.66. The molecule has 2 heterocycles. The molecule has 1 amide bonds. The summed E-state index contributed by atoms with van der Waals surface area (Å²) >= 11 is 1.21. The first-order chi connectivity index (χ1) is 12.9. The molecular formula is C18H22N3O4S2+. The van der Waals surface area contributed by atoms with Gasteiger partial charge in [0.1, 0.15) is 4.21 Å². The Bertz CT molecular complexity index is 918. The number of ketones is 1. The van der Waals surface area contributed by atoms with Crippen molar-refractivity contribution in [2.45, 2.75) is 11.1 Å². The van der Waals surface area contributed by atoms with Crippen LogP contribution < -0.4 is 10.2 Å². The zero-order chi connectivity index (χ0) is 19.4. The fourth-order valence-electron chi connectivity index (χ4n) is 3.08.